The molecular formula is C21H19FN2O. The molecule has 0 aromatic heterocycles. The molecule has 0 radical (unpaired) electrons. The zero-order valence-electron chi connectivity index (χ0n) is 13.7. The van der Waals surface area contributed by atoms with Gasteiger partial charge in [-0.2, -0.15) is 0 Å². The second-order valence-electron chi connectivity index (χ2n) is 5.71. The highest BCUT2D eigenvalue weighted by atomic mass is 19.1. The van der Waals surface area contributed by atoms with Crippen LogP contribution in [0.1, 0.15) is 17.2 Å². The van der Waals surface area contributed by atoms with Crippen LogP contribution in [-0.4, -0.2) is 5.91 Å². The first-order valence-corrected chi connectivity index (χ1v) is 8.11. The van der Waals surface area contributed by atoms with Crippen LogP contribution >= 0.6 is 0 Å². The van der Waals surface area contributed by atoms with E-state index in [1.807, 2.05) is 60.7 Å². The van der Waals surface area contributed by atoms with Crippen LogP contribution in [0.3, 0.4) is 0 Å². The fourth-order valence-corrected chi connectivity index (χ4v) is 2.57. The van der Waals surface area contributed by atoms with E-state index < -0.39 is 6.04 Å². The maximum atomic E-state index is 13.0. The lowest BCUT2D eigenvalue weighted by Gasteiger charge is -2.19. The van der Waals surface area contributed by atoms with E-state index in [2.05, 4.69) is 10.6 Å². The molecular weight excluding hydrogens is 315 g/mol. The molecule has 0 bridgehead atoms. The average Bonchev–Trinajstić information content (AvgIpc) is 2.65. The third-order valence-electron chi connectivity index (χ3n) is 3.86. The Bertz CT molecular complexity index is 804. The fraction of sp³-hybridized carbons (Fsp3) is 0.0952. The van der Waals surface area contributed by atoms with Gasteiger partial charge in [0.05, 0.1) is 0 Å². The largest absolute Gasteiger partial charge is 0.324 e. The lowest BCUT2D eigenvalue weighted by molar-refractivity contribution is -0.118. The van der Waals surface area contributed by atoms with Crippen LogP contribution in [0, 0.1) is 5.82 Å². The van der Waals surface area contributed by atoms with Gasteiger partial charge in [-0.25, -0.2) is 4.39 Å². The minimum absolute atomic E-state index is 0.186. The molecule has 0 saturated carbocycles. The van der Waals surface area contributed by atoms with Gasteiger partial charge in [-0.05, 0) is 35.4 Å². The number of rotatable bonds is 6. The van der Waals surface area contributed by atoms with Gasteiger partial charge in [-0.1, -0.05) is 60.7 Å². The Morgan fingerprint density at radius 3 is 2.08 bits per heavy atom. The van der Waals surface area contributed by atoms with E-state index >= 15 is 0 Å². The predicted molar refractivity (Wildman–Crippen MR) is 97.5 cm³/mol. The number of nitrogens with one attached hydrogen (secondary N) is 2. The van der Waals surface area contributed by atoms with Crippen molar-refractivity contribution in [2.45, 2.75) is 12.6 Å². The van der Waals surface area contributed by atoms with Gasteiger partial charge in [0, 0.05) is 12.2 Å². The third-order valence-corrected chi connectivity index (χ3v) is 3.86. The van der Waals surface area contributed by atoms with Gasteiger partial charge in [0.25, 0.3) is 0 Å². The van der Waals surface area contributed by atoms with Crippen LogP contribution in [0.5, 0.6) is 0 Å². The average molecular weight is 334 g/mol. The van der Waals surface area contributed by atoms with E-state index in [9.17, 15) is 9.18 Å². The number of hydrogen-bond donors (Lipinski definition) is 2. The summed E-state index contributed by atoms with van der Waals surface area (Å²) in [4.78, 5) is 12.8. The molecule has 0 spiro atoms. The minimum Gasteiger partial charge on any atom is -0.324 e. The molecule has 0 aliphatic carbocycles. The number of benzene rings is 3. The maximum absolute atomic E-state index is 13.0. The molecule has 3 nitrogen and oxygen atoms in total. The first-order valence-electron chi connectivity index (χ1n) is 8.11. The maximum Gasteiger partial charge on any atom is 0.246 e. The molecule has 1 amide bonds. The Morgan fingerprint density at radius 1 is 0.840 bits per heavy atom. The SMILES string of the molecule is O=C(Nc1ccc(F)cc1)[C@H](NCc1ccccc1)c1ccccc1. The van der Waals surface area contributed by atoms with E-state index in [4.69, 9.17) is 0 Å². The second-order valence-corrected chi connectivity index (χ2v) is 5.71. The van der Waals surface area contributed by atoms with Crippen molar-refractivity contribution < 1.29 is 9.18 Å². The van der Waals surface area contributed by atoms with Crippen molar-refractivity contribution in [1.82, 2.24) is 5.32 Å². The number of anilines is 1. The second kappa shape index (κ2) is 8.22. The minimum atomic E-state index is -0.508. The van der Waals surface area contributed by atoms with Crippen LogP contribution < -0.4 is 10.6 Å². The molecule has 126 valence electrons. The summed E-state index contributed by atoms with van der Waals surface area (Å²) in [6.07, 6.45) is 0. The number of amides is 1. The van der Waals surface area contributed by atoms with Crippen LogP contribution in [0.4, 0.5) is 10.1 Å². The molecule has 0 unspecified atom stereocenters. The van der Waals surface area contributed by atoms with Crippen LogP contribution in [0.15, 0.2) is 84.9 Å². The van der Waals surface area contributed by atoms with Gasteiger partial charge >= 0.3 is 0 Å². The monoisotopic (exact) mass is 334 g/mol. The summed E-state index contributed by atoms with van der Waals surface area (Å²) in [6, 6.07) is 24.7. The predicted octanol–water partition coefficient (Wildman–Crippen LogP) is 4.30. The van der Waals surface area contributed by atoms with Gasteiger partial charge in [-0.15, -0.1) is 0 Å². The fourth-order valence-electron chi connectivity index (χ4n) is 2.57. The van der Waals surface area contributed by atoms with E-state index in [1.54, 1.807) is 12.1 Å². The summed E-state index contributed by atoms with van der Waals surface area (Å²) in [5, 5.41) is 6.13. The molecule has 3 aromatic carbocycles. The molecule has 0 heterocycles. The van der Waals surface area contributed by atoms with Gasteiger partial charge in [-0.3, -0.25) is 10.1 Å². The summed E-state index contributed by atoms with van der Waals surface area (Å²) in [6.45, 7) is 0.567. The Hall–Kier alpha value is -2.98. The van der Waals surface area contributed by atoms with Crippen molar-refractivity contribution in [3.05, 3.63) is 102 Å². The van der Waals surface area contributed by atoms with Gasteiger partial charge < -0.3 is 5.32 Å². The molecule has 3 aromatic rings. The number of carbonyl (C=O) groups is 1. The molecule has 3 rings (SSSR count). The first-order chi connectivity index (χ1) is 12.2. The normalized spacial score (nSPS) is 11.7. The summed E-state index contributed by atoms with van der Waals surface area (Å²) in [7, 11) is 0. The van der Waals surface area contributed by atoms with Crippen LogP contribution in [0.2, 0.25) is 0 Å². The quantitative estimate of drug-likeness (QED) is 0.706. The van der Waals surface area contributed by atoms with E-state index in [1.165, 1.54) is 12.1 Å². The van der Waals surface area contributed by atoms with Crippen LogP contribution in [-0.2, 0) is 11.3 Å². The summed E-state index contributed by atoms with van der Waals surface area (Å²) in [5.41, 5.74) is 2.53. The van der Waals surface area contributed by atoms with Crippen molar-refractivity contribution >= 4 is 11.6 Å². The molecule has 25 heavy (non-hydrogen) atoms. The summed E-state index contributed by atoms with van der Waals surface area (Å²) in [5.74, 6) is -0.520. The van der Waals surface area contributed by atoms with Crippen LogP contribution in [0.25, 0.3) is 0 Å². The summed E-state index contributed by atoms with van der Waals surface area (Å²) >= 11 is 0. The number of hydrogen-bond acceptors (Lipinski definition) is 2. The van der Waals surface area contributed by atoms with Crippen molar-refractivity contribution in [2.75, 3.05) is 5.32 Å². The lowest BCUT2D eigenvalue weighted by atomic mass is 10.1. The molecule has 1 atom stereocenters. The van der Waals surface area contributed by atoms with Crippen molar-refractivity contribution in [1.29, 1.82) is 0 Å². The zero-order chi connectivity index (χ0) is 17.5. The smallest absolute Gasteiger partial charge is 0.246 e. The highest BCUT2D eigenvalue weighted by Crippen LogP contribution is 2.17. The molecule has 0 aliphatic heterocycles. The van der Waals surface area contributed by atoms with E-state index in [-0.39, 0.29) is 11.7 Å². The standard InChI is InChI=1S/C21H19FN2O/c22-18-11-13-19(14-12-18)24-21(25)20(17-9-5-2-6-10-17)23-15-16-7-3-1-4-8-16/h1-14,20,23H,15H2,(H,24,25)/t20-/m1/s1. The van der Waals surface area contributed by atoms with Crippen molar-refractivity contribution in [3.8, 4) is 0 Å². The number of carbonyl (C=O) groups excluding carboxylic acids is 1. The first kappa shape index (κ1) is 16.9. The summed E-state index contributed by atoms with van der Waals surface area (Å²) < 4.78 is 13.0. The van der Waals surface area contributed by atoms with E-state index in [0.29, 0.717) is 12.2 Å². The Labute approximate surface area is 146 Å². The number of halogens is 1. The molecule has 0 aliphatic rings. The molecule has 0 saturated heterocycles. The van der Waals surface area contributed by atoms with Crippen molar-refractivity contribution in [3.63, 3.8) is 0 Å². The molecule has 4 heteroatoms. The molecule has 0 fully saturated rings. The lowest BCUT2D eigenvalue weighted by Crippen LogP contribution is -2.32. The zero-order valence-corrected chi connectivity index (χ0v) is 13.7. The Morgan fingerprint density at radius 2 is 1.44 bits per heavy atom. The van der Waals surface area contributed by atoms with E-state index in [0.717, 1.165) is 11.1 Å². The van der Waals surface area contributed by atoms with Gasteiger partial charge in [0.15, 0.2) is 0 Å². The van der Waals surface area contributed by atoms with Gasteiger partial charge in [0.1, 0.15) is 11.9 Å². The molecule has 2 N–H and O–H groups in total. The third kappa shape index (κ3) is 4.75. The Kier molecular flexibility index (Phi) is 5.54. The van der Waals surface area contributed by atoms with Gasteiger partial charge in [0.2, 0.25) is 5.91 Å². The topological polar surface area (TPSA) is 41.1 Å². The highest BCUT2D eigenvalue weighted by molar-refractivity contribution is 5.95. The Balaban J connectivity index is 1.75. The highest BCUT2D eigenvalue weighted by Gasteiger charge is 2.20. The van der Waals surface area contributed by atoms with Crippen molar-refractivity contribution in [2.24, 2.45) is 0 Å².